The maximum absolute atomic E-state index is 3.26. The Kier molecular flexibility index (Phi) is 12.4. The average Bonchev–Trinajstić information content (AvgIpc) is 2.30. The average molecular weight is 354 g/mol. The highest BCUT2D eigenvalue weighted by Gasteiger charge is 1.72. The van der Waals surface area contributed by atoms with Crippen LogP contribution >= 0.6 is 31.9 Å². The van der Waals surface area contributed by atoms with Crippen molar-refractivity contribution in [2.45, 2.75) is 19.8 Å². The largest absolute Gasteiger partial charge is 0.0891 e. The SMILES string of the molecule is CCCC#CC#C/C=C/C=C/C=C/C=C(Br)Br. The number of hydrogen-bond donors (Lipinski definition) is 0. The first kappa shape index (κ1) is 16.0. The van der Waals surface area contributed by atoms with Gasteiger partial charge in [-0.15, -0.1) is 0 Å². The molecule has 0 saturated carbocycles. The fourth-order valence-electron chi connectivity index (χ4n) is 0.734. The summed E-state index contributed by atoms with van der Waals surface area (Å²) in [6.07, 6.45) is 15.3. The van der Waals surface area contributed by atoms with Crippen molar-refractivity contribution in [1.82, 2.24) is 0 Å². The van der Waals surface area contributed by atoms with Crippen LogP contribution in [-0.2, 0) is 0 Å². The van der Waals surface area contributed by atoms with E-state index in [9.17, 15) is 0 Å². The maximum Gasteiger partial charge on any atom is 0.0604 e. The molecule has 0 nitrogen and oxygen atoms in total. The Morgan fingerprint density at radius 1 is 1.00 bits per heavy atom. The summed E-state index contributed by atoms with van der Waals surface area (Å²) in [5.41, 5.74) is 0. The normalized spacial score (nSPS) is 10.1. The molecule has 0 unspecified atom stereocenters. The van der Waals surface area contributed by atoms with E-state index in [1.165, 1.54) is 0 Å². The number of unbranched alkanes of at least 4 members (excludes halogenated alkanes) is 1. The molecule has 0 aliphatic carbocycles. The van der Waals surface area contributed by atoms with Gasteiger partial charge in [-0.25, -0.2) is 0 Å². The van der Waals surface area contributed by atoms with Crippen molar-refractivity contribution in [2.24, 2.45) is 0 Å². The molecule has 0 aromatic heterocycles. The zero-order valence-electron chi connectivity index (χ0n) is 9.71. The van der Waals surface area contributed by atoms with E-state index in [1.807, 2.05) is 36.5 Å². The lowest BCUT2D eigenvalue weighted by atomic mass is 10.3. The fourth-order valence-corrected chi connectivity index (χ4v) is 1.04. The van der Waals surface area contributed by atoms with Crippen molar-refractivity contribution in [1.29, 1.82) is 0 Å². The van der Waals surface area contributed by atoms with E-state index in [2.05, 4.69) is 62.5 Å². The quantitative estimate of drug-likeness (QED) is 0.487. The van der Waals surface area contributed by atoms with Crippen LogP contribution in [0.3, 0.4) is 0 Å². The molecule has 0 radical (unpaired) electrons. The summed E-state index contributed by atoms with van der Waals surface area (Å²) in [5.74, 6) is 11.4. The summed E-state index contributed by atoms with van der Waals surface area (Å²) in [7, 11) is 0. The topological polar surface area (TPSA) is 0 Å². The highest BCUT2D eigenvalue weighted by molar-refractivity contribution is 9.28. The molecule has 0 fully saturated rings. The van der Waals surface area contributed by atoms with E-state index in [-0.39, 0.29) is 0 Å². The number of halogens is 2. The van der Waals surface area contributed by atoms with Crippen LogP contribution in [0.4, 0.5) is 0 Å². The van der Waals surface area contributed by atoms with Gasteiger partial charge in [-0.2, -0.15) is 0 Å². The van der Waals surface area contributed by atoms with Crippen LogP contribution in [0.5, 0.6) is 0 Å². The minimum atomic E-state index is 0.916. The van der Waals surface area contributed by atoms with Crippen LogP contribution in [-0.4, -0.2) is 0 Å². The molecule has 17 heavy (non-hydrogen) atoms. The van der Waals surface area contributed by atoms with Crippen LogP contribution in [0.2, 0.25) is 0 Å². The van der Waals surface area contributed by atoms with E-state index >= 15 is 0 Å². The Labute approximate surface area is 121 Å². The zero-order valence-corrected chi connectivity index (χ0v) is 12.9. The number of allylic oxidation sites excluding steroid dienone is 7. The standard InChI is InChI=1S/C15H14Br2/c1-2-3-4-5-6-7-8-9-10-11-12-13-14-15(16)17/h8-14H,2-3H2,1H3/b9-8+,11-10+,13-12+. The predicted molar refractivity (Wildman–Crippen MR) is 83.8 cm³/mol. The Morgan fingerprint density at radius 2 is 1.71 bits per heavy atom. The van der Waals surface area contributed by atoms with Gasteiger partial charge in [-0.05, 0) is 62.3 Å². The molecule has 0 saturated heterocycles. The molecule has 88 valence electrons. The minimum absolute atomic E-state index is 0.916. The van der Waals surface area contributed by atoms with E-state index in [1.54, 1.807) is 6.08 Å². The lowest BCUT2D eigenvalue weighted by Gasteiger charge is -1.75. The molecule has 0 heterocycles. The Balaban J connectivity index is 3.89. The minimum Gasteiger partial charge on any atom is -0.0891 e. The molecule has 0 rings (SSSR count). The van der Waals surface area contributed by atoms with E-state index in [4.69, 9.17) is 0 Å². The Bertz CT molecular complexity index is 425. The van der Waals surface area contributed by atoms with Gasteiger partial charge in [0.05, 0.1) is 3.39 Å². The number of hydrogen-bond acceptors (Lipinski definition) is 0. The highest BCUT2D eigenvalue weighted by Crippen LogP contribution is 2.12. The zero-order chi connectivity index (χ0) is 12.8. The third kappa shape index (κ3) is 15.0. The lowest BCUT2D eigenvalue weighted by molar-refractivity contribution is 0.983. The van der Waals surface area contributed by atoms with Crippen LogP contribution in [0, 0.1) is 23.7 Å². The summed E-state index contributed by atoms with van der Waals surface area (Å²) < 4.78 is 0.918. The summed E-state index contributed by atoms with van der Waals surface area (Å²) >= 11 is 6.52. The van der Waals surface area contributed by atoms with Crippen molar-refractivity contribution in [2.75, 3.05) is 0 Å². The summed E-state index contributed by atoms with van der Waals surface area (Å²) in [4.78, 5) is 0. The molecule has 0 amide bonds. The summed E-state index contributed by atoms with van der Waals surface area (Å²) in [5, 5.41) is 0. The second-order valence-corrected chi connectivity index (χ2v) is 5.68. The van der Waals surface area contributed by atoms with E-state index in [0.29, 0.717) is 0 Å². The van der Waals surface area contributed by atoms with Crippen molar-refractivity contribution in [3.63, 3.8) is 0 Å². The van der Waals surface area contributed by atoms with Gasteiger partial charge in [-0.3, -0.25) is 0 Å². The molecule has 2 heteroatoms. The van der Waals surface area contributed by atoms with Crippen LogP contribution in [0.25, 0.3) is 0 Å². The van der Waals surface area contributed by atoms with Gasteiger partial charge in [0.2, 0.25) is 0 Å². The van der Waals surface area contributed by atoms with Gasteiger partial charge < -0.3 is 0 Å². The highest BCUT2D eigenvalue weighted by atomic mass is 79.9. The molecule has 0 atom stereocenters. The molecule has 0 aliphatic heterocycles. The second-order valence-electron chi connectivity index (χ2n) is 2.91. The second kappa shape index (κ2) is 13.1. The van der Waals surface area contributed by atoms with Gasteiger partial charge in [-0.1, -0.05) is 49.1 Å². The lowest BCUT2D eigenvalue weighted by Crippen LogP contribution is -1.59. The first-order valence-electron chi connectivity index (χ1n) is 5.27. The van der Waals surface area contributed by atoms with Crippen molar-refractivity contribution in [3.8, 4) is 23.7 Å². The fraction of sp³-hybridized carbons (Fsp3) is 0.200. The van der Waals surface area contributed by atoms with Crippen LogP contribution < -0.4 is 0 Å². The molecule has 0 aromatic rings. The van der Waals surface area contributed by atoms with Crippen LogP contribution in [0.1, 0.15) is 19.8 Å². The third-order valence-corrected chi connectivity index (χ3v) is 1.97. The Morgan fingerprint density at radius 3 is 2.41 bits per heavy atom. The van der Waals surface area contributed by atoms with Crippen molar-refractivity contribution < 1.29 is 0 Å². The first-order chi connectivity index (χ1) is 8.27. The number of rotatable bonds is 4. The van der Waals surface area contributed by atoms with Gasteiger partial charge in [0.1, 0.15) is 0 Å². The first-order valence-corrected chi connectivity index (χ1v) is 6.85. The molecule has 0 spiro atoms. The van der Waals surface area contributed by atoms with Crippen molar-refractivity contribution >= 4 is 31.9 Å². The van der Waals surface area contributed by atoms with Gasteiger partial charge in [0.15, 0.2) is 0 Å². The smallest absolute Gasteiger partial charge is 0.0604 e. The van der Waals surface area contributed by atoms with Gasteiger partial charge in [0.25, 0.3) is 0 Å². The molecular formula is C15H14Br2. The molecule has 0 bridgehead atoms. The van der Waals surface area contributed by atoms with Crippen molar-refractivity contribution in [3.05, 3.63) is 45.9 Å². The Hall–Kier alpha value is -0.960. The van der Waals surface area contributed by atoms with E-state index in [0.717, 1.165) is 16.2 Å². The van der Waals surface area contributed by atoms with Gasteiger partial charge in [0, 0.05) is 6.42 Å². The van der Waals surface area contributed by atoms with Crippen LogP contribution in [0.15, 0.2) is 45.9 Å². The van der Waals surface area contributed by atoms with E-state index < -0.39 is 0 Å². The molecular weight excluding hydrogens is 340 g/mol. The summed E-state index contributed by atoms with van der Waals surface area (Å²) in [6.45, 7) is 2.10. The molecule has 0 N–H and O–H groups in total. The third-order valence-electron chi connectivity index (χ3n) is 1.44. The molecule has 0 aliphatic rings. The monoisotopic (exact) mass is 352 g/mol. The summed E-state index contributed by atoms with van der Waals surface area (Å²) in [6, 6.07) is 0. The predicted octanol–water partition coefficient (Wildman–Crippen LogP) is 5.09. The van der Waals surface area contributed by atoms with Gasteiger partial charge >= 0.3 is 0 Å². The maximum atomic E-state index is 3.26. The molecule has 0 aromatic carbocycles.